The third-order valence-electron chi connectivity index (χ3n) is 4.25. The number of piperidine rings is 1. The van der Waals surface area contributed by atoms with Crippen molar-refractivity contribution in [1.29, 1.82) is 0 Å². The van der Waals surface area contributed by atoms with E-state index in [1.807, 2.05) is 12.3 Å². The number of benzene rings is 1. The molecule has 4 heteroatoms. The van der Waals surface area contributed by atoms with Gasteiger partial charge in [0.2, 0.25) is 0 Å². The van der Waals surface area contributed by atoms with Crippen LogP contribution in [0.2, 0.25) is 0 Å². The van der Waals surface area contributed by atoms with Crippen molar-refractivity contribution in [3.8, 4) is 0 Å². The molecule has 1 aromatic heterocycles. The van der Waals surface area contributed by atoms with Gasteiger partial charge in [-0.2, -0.15) is 0 Å². The van der Waals surface area contributed by atoms with Crippen LogP contribution in [0.25, 0.3) is 0 Å². The van der Waals surface area contributed by atoms with E-state index >= 15 is 0 Å². The zero-order valence-electron chi connectivity index (χ0n) is 13.6. The van der Waals surface area contributed by atoms with Crippen molar-refractivity contribution in [3.05, 3.63) is 59.9 Å². The van der Waals surface area contributed by atoms with E-state index in [2.05, 4.69) is 51.3 Å². The molecule has 0 N–H and O–H groups in total. The highest BCUT2D eigenvalue weighted by atomic mass is 16.5. The second-order valence-electron chi connectivity index (χ2n) is 5.97. The van der Waals surface area contributed by atoms with E-state index in [1.165, 1.54) is 37.0 Å². The quantitative estimate of drug-likeness (QED) is 0.623. The van der Waals surface area contributed by atoms with Gasteiger partial charge in [-0.3, -0.25) is 9.88 Å². The Balaban J connectivity index is 1.62. The molecule has 1 atom stereocenters. The molecule has 120 valence electrons. The highest BCUT2D eigenvalue weighted by molar-refractivity contribution is 5.54. The fourth-order valence-corrected chi connectivity index (χ4v) is 3.11. The number of rotatable bonds is 5. The van der Waals surface area contributed by atoms with Crippen molar-refractivity contribution in [2.45, 2.75) is 25.3 Å². The first-order valence-corrected chi connectivity index (χ1v) is 8.13. The van der Waals surface area contributed by atoms with Gasteiger partial charge in [-0.1, -0.05) is 30.3 Å². The van der Waals surface area contributed by atoms with Crippen LogP contribution in [-0.4, -0.2) is 36.5 Å². The van der Waals surface area contributed by atoms with Gasteiger partial charge in [0.05, 0.1) is 19.0 Å². The monoisotopic (exact) mass is 309 g/mol. The molecule has 3 rings (SSSR count). The molecule has 1 aliphatic rings. The first kappa shape index (κ1) is 15.7. The fourth-order valence-electron chi connectivity index (χ4n) is 3.11. The number of pyridine rings is 1. The molecule has 1 fully saturated rings. The van der Waals surface area contributed by atoms with E-state index in [1.54, 1.807) is 7.11 Å². The topological polar surface area (TPSA) is 37.7 Å². The Hall–Kier alpha value is -2.20. The minimum absolute atomic E-state index is 0.507. The summed E-state index contributed by atoms with van der Waals surface area (Å²) in [4.78, 5) is 11.3. The van der Waals surface area contributed by atoms with E-state index in [0.29, 0.717) is 5.92 Å². The Morgan fingerprint density at radius 2 is 2.13 bits per heavy atom. The lowest BCUT2D eigenvalue weighted by Crippen LogP contribution is -2.34. The van der Waals surface area contributed by atoms with Crippen LogP contribution < -0.4 is 0 Å². The number of aliphatic imine (C=N–C) groups is 1. The molecule has 1 aromatic carbocycles. The van der Waals surface area contributed by atoms with Gasteiger partial charge in [0.25, 0.3) is 0 Å². The first-order chi connectivity index (χ1) is 11.3. The SMILES string of the molecule is CO/C=N\c1ccc(C2CCCN(Cc3ccccc3)C2)nc1. The van der Waals surface area contributed by atoms with Crippen LogP contribution in [0, 0.1) is 0 Å². The maximum Gasteiger partial charge on any atom is 0.174 e. The normalized spacial score (nSPS) is 19.1. The van der Waals surface area contributed by atoms with E-state index in [9.17, 15) is 0 Å². The minimum atomic E-state index is 0.507. The van der Waals surface area contributed by atoms with Crippen LogP contribution in [0.5, 0.6) is 0 Å². The molecular formula is C19H23N3O. The van der Waals surface area contributed by atoms with Crippen molar-refractivity contribution < 1.29 is 4.74 Å². The van der Waals surface area contributed by atoms with Crippen LogP contribution in [0.4, 0.5) is 5.69 Å². The molecule has 0 aliphatic carbocycles. The summed E-state index contributed by atoms with van der Waals surface area (Å²) < 4.78 is 4.84. The van der Waals surface area contributed by atoms with E-state index in [4.69, 9.17) is 4.74 Å². The van der Waals surface area contributed by atoms with E-state index in [-0.39, 0.29) is 0 Å². The van der Waals surface area contributed by atoms with Gasteiger partial charge in [0.15, 0.2) is 6.40 Å². The molecule has 2 aromatic rings. The lowest BCUT2D eigenvalue weighted by molar-refractivity contribution is 0.198. The van der Waals surface area contributed by atoms with Crippen LogP contribution >= 0.6 is 0 Å². The third kappa shape index (κ3) is 4.39. The number of likely N-dealkylation sites (tertiary alicyclic amines) is 1. The predicted molar refractivity (Wildman–Crippen MR) is 93.1 cm³/mol. The largest absolute Gasteiger partial charge is 0.486 e. The van der Waals surface area contributed by atoms with Crippen molar-refractivity contribution in [3.63, 3.8) is 0 Å². The van der Waals surface area contributed by atoms with Crippen LogP contribution in [0.1, 0.15) is 30.0 Å². The molecule has 0 radical (unpaired) electrons. The molecule has 4 nitrogen and oxygen atoms in total. The molecule has 0 amide bonds. The summed E-state index contributed by atoms with van der Waals surface area (Å²) in [7, 11) is 1.59. The minimum Gasteiger partial charge on any atom is -0.486 e. The second kappa shape index (κ2) is 7.88. The van der Waals surface area contributed by atoms with Gasteiger partial charge in [-0.25, -0.2) is 4.99 Å². The Labute approximate surface area is 137 Å². The smallest absolute Gasteiger partial charge is 0.174 e. The lowest BCUT2D eigenvalue weighted by atomic mass is 9.94. The summed E-state index contributed by atoms with van der Waals surface area (Å²) in [6.45, 7) is 3.26. The molecule has 1 saturated heterocycles. The number of ether oxygens (including phenoxy) is 1. The zero-order valence-corrected chi connectivity index (χ0v) is 13.6. The summed E-state index contributed by atoms with van der Waals surface area (Å²) in [6, 6.07) is 14.8. The standard InChI is InChI=1S/C19H23N3O/c1-23-15-21-18-9-10-19(20-12-18)17-8-5-11-22(14-17)13-16-6-3-2-4-7-16/h2-4,6-7,9-10,12,15,17H,5,8,11,13-14H2,1H3/b21-15-. The van der Waals surface area contributed by atoms with Crippen molar-refractivity contribution in [2.24, 2.45) is 4.99 Å². The van der Waals surface area contributed by atoms with Gasteiger partial charge in [0, 0.05) is 24.7 Å². The van der Waals surface area contributed by atoms with Gasteiger partial charge in [-0.05, 0) is 37.1 Å². The number of hydrogen-bond acceptors (Lipinski definition) is 4. The highest BCUT2D eigenvalue weighted by Gasteiger charge is 2.22. The summed E-state index contributed by atoms with van der Waals surface area (Å²) in [5.74, 6) is 0.507. The maximum atomic E-state index is 4.84. The molecule has 2 heterocycles. The maximum absolute atomic E-state index is 4.84. The van der Waals surface area contributed by atoms with Crippen molar-refractivity contribution in [1.82, 2.24) is 9.88 Å². The summed E-state index contributed by atoms with van der Waals surface area (Å²) in [5.41, 5.74) is 3.37. The third-order valence-corrected chi connectivity index (χ3v) is 4.25. The average molecular weight is 309 g/mol. The molecule has 23 heavy (non-hydrogen) atoms. The molecule has 0 bridgehead atoms. The molecule has 0 spiro atoms. The van der Waals surface area contributed by atoms with Crippen molar-refractivity contribution >= 4 is 12.1 Å². The van der Waals surface area contributed by atoms with Gasteiger partial charge in [-0.15, -0.1) is 0 Å². The van der Waals surface area contributed by atoms with Gasteiger partial charge < -0.3 is 4.74 Å². The molecule has 1 unspecified atom stereocenters. The second-order valence-corrected chi connectivity index (χ2v) is 5.97. The van der Waals surface area contributed by atoms with Crippen LogP contribution in [0.15, 0.2) is 53.7 Å². The predicted octanol–water partition coefficient (Wildman–Crippen LogP) is 3.77. The molecular weight excluding hydrogens is 286 g/mol. The van der Waals surface area contributed by atoms with E-state index < -0.39 is 0 Å². The lowest BCUT2D eigenvalue weighted by Gasteiger charge is -2.32. The highest BCUT2D eigenvalue weighted by Crippen LogP contribution is 2.27. The zero-order chi connectivity index (χ0) is 15.9. The average Bonchev–Trinajstić information content (AvgIpc) is 2.61. The fraction of sp³-hybridized carbons (Fsp3) is 0.368. The number of hydrogen-bond donors (Lipinski definition) is 0. The Morgan fingerprint density at radius 3 is 2.87 bits per heavy atom. The van der Waals surface area contributed by atoms with Crippen LogP contribution in [-0.2, 0) is 11.3 Å². The Kier molecular flexibility index (Phi) is 5.37. The number of aromatic nitrogens is 1. The molecule has 0 saturated carbocycles. The summed E-state index contributed by atoms with van der Waals surface area (Å²) in [5, 5.41) is 0. The molecule has 1 aliphatic heterocycles. The Bertz CT molecular complexity index is 625. The van der Waals surface area contributed by atoms with Gasteiger partial charge >= 0.3 is 0 Å². The van der Waals surface area contributed by atoms with Gasteiger partial charge in [0.1, 0.15) is 0 Å². The summed E-state index contributed by atoms with van der Waals surface area (Å²) in [6.07, 6.45) is 5.68. The van der Waals surface area contributed by atoms with Crippen molar-refractivity contribution in [2.75, 3.05) is 20.2 Å². The number of nitrogens with zero attached hydrogens (tertiary/aromatic N) is 3. The number of methoxy groups -OCH3 is 1. The van der Waals surface area contributed by atoms with E-state index in [0.717, 1.165) is 18.8 Å². The van der Waals surface area contributed by atoms with Crippen LogP contribution in [0.3, 0.4) is 0 Å². The Morgan fingerprint density at radius 1 is 1.26 bits per heavy atom. The first-order valence-electron chi connectivity index (χ1n) is 8.13. The summed E-state index contributed by atoms with van der Waals surface area (Å²) >= 11 is 0.